The quantitative estimate of drug-likeness (QED) is 0.774. The van der Waals surface area contributed by atoms with E-state index in [9.17, 15) is 4.79 Å². The molecule has 0 N–H and O–H groups in total. The van der Waals surface area contributed by atoms with Crippen molar-refractivity contribution in [2.45, 2.75) is 25.8 Å². The number of fused-ring (bicyclic) bond motifs is 1. The van der Waals surface area contributed by atoms with Crippen molar-refractivity contribution >= 4 is 25.5 Å². The average Bonchev–Trinajstić information content (AvgIpc) is 2.46. The van der Waals surface area contributed by atoms with Crippen molar-refractivity contribution in [1.82, 2.24) is 3.92 Å². The monoisotopic (exact) mass is 331 g/mol. The summed E-state index contributed by atoms with van der Waals surface area (Å²) in [5.41, 5.74) is 1.96. The Kier molecular flexibility index (Phi) is 3.41. The van der Waals surface area contributed by atoms with Gasteiger partial charge in [0.15, 0.2) is 0 Å². The molecule has 0 unspecified atom stereocenters. The van der Waals surface area contributed by atoms with Crippen LogP contribution in [0.4, 0.5) is 0 Å². The van der Waals surface area contributed by atoms with Crippen LogP contribution in [0.5, 0.6) is 0 Å². The van der Waals surface area contributed by atoms with Crippen LogP contribution < -0.4 is 4.46 Å². The molecule has 3 heteroatoms. The molecule has 1 heterocycles. The fourth-order valence-electron chi connectivity index (χ4n) is 2.50. The standard InChI is InChI=1S/C17H17NOSe/c1-17(2)14-10-6-7-11-15(14)20-18(16(17)19)12-13-8-4-3-5-9-13/h3-11H,12H2,1-2H3. The van der Waals surface area contributed by atoms with Gasteiger partial charge in [0, 0.05) is 0 Å². The maximum absolute atomic E-state index is 12.8. The van der Waals surface area contributed by atoms with Crippen molar-refractivity contribution in [2.75, 3.05) is 0 Å². The van der Waals surface area contributed by atoms with E-state index < -0.39 is 5.41 Å². The molecule has 1 amide bonds. The van der Waals surface area contributed by atoms with Crippen molar-refractivity contribution in [3.8, 4) is 0 Å². The summed E-state index contributed by atoms with van der Waals surface area (Å²) in [4.78, 5) is 12.8. The number of rotatable bonds is 2. The van der Waals surface area contributed by atoms with E-state index >= 15 is 0 Å². The predicted molar refractivity (Wildman–Crippen MR) is 81.8 cm³/mol. The summed E-state index contributed by atoms with van der Waals surface area (Å²) in [5, 5.41) is 0. The minimum absolute atomic E-state index is 0.0685. The molecule has 3 rings (SSSR count). The number of amides is 1. The Morgan fingerprint density at radius 3 is 2.40 bits per heavy atom. The molecule has 0 fully saturated rings. The maximum atomic E-state index is 12.8. The van der Waals surface area contributed by atoms with Gasteiger partial charge in [0.05, 0.1) is 0 Å². The van der Waals surface area contributed by atoms with E-state index in [0.29, 0.717) is 6.54 Å². The second-order valence-corrected chi connectivity index (χ2v) is 7.77. The minimum atomic E-state index is -0.425. The molecule has 20 heavy (non-hydrogen) atoms. The topological polar surface area (TPSA) is 20.3 Å². The third-order valence-electron chi connectivity index (χ3n) is 3.70. The third kappa shape index (κ3) is 2.28. The van der Waals surface area contributed by atoms with E-state index in [-0.39, 0.29) is 21.1 Å². The fourth-order valence-corrected chi connectivity index (χ4v) is 5.28. The van der Waals surface area contributed by atoms with Gasteiger partial charge < -0.3 is 0 Å². The summed E-state index contributed by atoms with van der Waals surface area (Å²) in [6, 6.07) is 18.5. The Bertz CT molecular complexity index is 636. The first-order valence-corrected chi connectivity index (χ1v) is 8.34. The molecular weight excluding hydrogens is 313 g/mol. The van der Waals surface area contributed by atoms with E-state index in [4.69, 9.17) is 0 Å². The molecule has 0 saturated carbocycles. The Labute approximate surface area is 126 Å². The zero-order valence-electron chi connectivity index (χ0n) is 11.7. The van der Waals surface area contributed by atoms with Crippen LogP contribution in [0.25, 0.3) is 0 Å². The molecule has 1 aliphatic heterocycles. The molecule has 1 aliphatic rings. The van der Waals surface area contributed by atoms with E-state index in [1.807, 2.05) is 42.0 Å². The van der Waals surface area contributed by atoms with Crippen LogP contribution in [0.3, 0.4) is 0 Å². The summed E-state index contributed by atoms with van der Waals surface area (Å²) >= 11 is 0.0685. The number of hydrogen-bond acceptors (Lipinski definition) is 1. The van der Waals surface area contributed by atoms with Crippen LogP contribution in [0.2, 0.25) is 0 Å². The van der Waals surface area contributed by atoms with Gasteiger partial charge in [-0.2, -0.15) is 0 Å². The average molecular weight is 330 g/mol. The molecule has 102 valence electrons. The van der Waals surface area contributed by atoms with Gasteiger partial charge >= 0.3 is 126 Å². The number of carbonyl (C=O) groups excluding carboxylic acids is 1. The number of nitrogens with zero attached hydrogens (tertiary/aromatic N) is 1. The van der Waals surface area contributed by atoms with Crippen molar-refractivity contribution in [3.05, 3.63) is 65.7 Å². The van der Waals surface area contributed by atoms with Crippen molar-refractivity contribution in [1.29, 1.82) is 0 Å². The van der Waals surface area contributed by atoms with Crippen LogP contribution in [0.1, 0.15) is 25.0 Å². The first kappa shape index (κ1) is 13.4. The van der Waals surface area contributed by atoms with Crippen LogP contribution >= 0.6 is 0 Å². The first-order valence-electron chi connectivity index (χ1n) is 6.72. The van der Waals surface area contributed by atoms with Gasteiger partial charge in [-0.25, -0.2) is 0 Å². The molecule has 0 bridgehead atoms. The number of carbonyl (C=O) groups is 1. The molecule has 0 spiro atoms. The van der Waals surface area contributed by atoms with Crippen LogP contribution in [0.15, 0.2) is 54.6 Å². The van der Waals surface area contributed by atoms with E-state index in [2.05, 4.69) is 30.3 Å². The molecule has 0 atom stereocenters. The third-order valence-corrected chi connectivity index (χ3v) is 5.94. The van der Waals surface area contributed by atoms with E-state index in [1.165, 1.54) is 15.6 Å². The van der Waals surface area contributed by atoms with Gasteiger partial charge in [-0.15, -0.1) is 0 Å². The van der Waals surface area contributed by atoms with Crippen LogP contribution in [0, 0.1) is 0 Å². The summed E-state index contributed by atoms with van der Waals surface area (Å²) in [7, 11) is 0. The number of hydrogen-bond donors (Lipinski definition) is 0. The zero-order valence-corrected chi connectivity index (χ0v) is 13.4. The SMILES string of the molecule is CC1(C)C(=O)N(Cc2ccccc2)[Se]c2ccccc21. The van der Waals surface area contributed by atoms with Gasteiger partial charge in [-0.3, -0.25) is 0 Å². The van der Waals surface area contributed by atoms with Crippen LogP contribution in [-0.4, -0.2) is 25.0 Å². The molecule has 0 radical (unpaired) electrons. The van der Waals surface area contributed by atoms with Crippen molar-refractivity contribution < 1.29 is 4.79 Å². The van der Waals surface area contributed by atoms with Crippen molar-refractivity contribution in [3.63, 3.8) is 0 Å². The molecule has 0 aliphatic carbocycles. The summed E-state index contributed by atoms with van der Waals surface area (Å²) < 4.78 is 3.34. The van der Waals surface area contributed by atoms with Gasteiger partial charge in [-0.1, -0.05) is 0 Å². The molecule has 2 nitrogen and oxygen atoms in total. The first-order chi connectivity index (χ1) is 9.59. The Morgan fingerprint density at radius 1 is 1.00 bits per heavy atom. The summed E-state index contributed by atoms with van der Waals surface area (Å²) in [5.74, 6) is 0.236. The second kappa shape index (κ2) is 5.08. The number of benzene rings is 2. The Morgan fingerprint density at radius 2 is 1.65 bits per heavy atom. The van der Waals surface area contributed by atoms with Crippen molar-refractivity contribution in [2.24, 2.45) is 0 Å². The zero-order chi connectivity index (χ0) is 14.2. The second-order valence-electron chi connectivity index (χ2n) is 5.54. The molecule has 0 aromatic heterocycles. The van der Waals surface area contributed by atoms with Gasteiger partial charge in [-0.05, 0) is 0 Å². The van der Waals surface area contributed by atoms with E-state index in [1.54, 1.807) is 0 Å². The van der Waals surface area contributed by atoms with Gasteiger partial charge in [0.1, 0.15) is 0 Å². The summed E-state index contributed by atoms with van der Waals surface area (Å²) in [6.45, 7) is 4.76. The fraction of sp³-hybridized carbons (Fsp3) is 0.235. The summed E-state index contributed by atoms with van der Waals surface area (Å²) in [6.07, 6.45) is 0. The molecule has 0 saturated heterocycles. The Hall–Kier alpha value is -1.57. The Balaban J connectivity index is 1.94. The molecular formula is C17H17NOSe. The van der Waals surface area contributed by atoms with E-state index in [0.717, 1.165) is 0 Å². The normalized spacial score (nSPS) is 16.9. The predicted octanol–water partition coefficient (Wildman–Crippen LogP) is 2.25. The molecule has 2 aromatic carbocycles. The van der Waals surface area contributed by atoms with Crippen LogP contribution in [-0.2, 0) is 16.8 Å². The van der Waals surface area contributed by atoms with Gasteiger partial charge in [0.25, 0.3) is 0 Å². The van der Waals surface area contributed by atoms with Gasteiger partial charge in [0.2, 0.25) is 0 Å². The molecule has 2 aromatic rings.